The predicted octanol–water partition coefficient (Wildman–Crippen LogP) is 4.27. The molecule has 3 rings (SSSR count). The fourth-order valence-electron chi connectivity index (χ4n) is 2.69. The summed E-state index contributed by atoms with van der Waals surface area (Å²) in [5, 5.41) is 7.38. The van der Waals surface area contributed by atoms with Crippen molar-refractivity contribution < 1.29 is 27.8 Å². The van der Waals surface area contributed by atoms with E-state index in [2.05, 4.69) is 24.5 Å². The fraction of sp³-hybridized carbons (Fsp3) is 0.182. The number of phosphoric acid groups is 1. The number of nitrogens with zero attached hydrogens (tertiary/aromatic N) is 2. The van der Waals surface area contributed by atoms with E-state index in [0.717, 1.165) is 12.7 Å². The molecule has 0 saturated carbocycles. The Morgan fingerprint density at radius 1 is 1.32 bits per heavy atom. The molecule has 0 saturated heterocycles. The van der Waals surface area contributed by atoms with E-state index >= 15 is 0 Å². The van der Waals surface area contributed by atoms with Gasteiger partial charge in [-0.25, -0.2) is 9.55 Å². The van der Waals surface area contributed by atoms with Crippen molar-refractivity contribution in [2.45, 2.75) is 6.42 Å². The van der Waals surface area contributed by atoms with Crippen LogP contribution in [0.25, 0.3) is 5.57 Å². The molecule has 0 radical (unpaired) electrons. The van der Waals surface area contributed by atoms with Gasteiger partial charge in [-0.1, -0.05) is 35.0 Å². The van der Waals surface area contributed by atoms with Crippen molar-refractivity contribution in [3.8, 4) is 11.6 Å². The van der Waals surface area contributed by atoms with E-state index in [1.54, 1.807) is 54.7 Å². The highest BCUT2D eigenvalue weighted by molar-refractivity contribution is 7.47. The summed E-state index contributed by atoms with van der Waals surface area (Å²) in [6.07, 6.45) is 7.14. The van der Waals surface area contributed by atoms with Crippen LogP contribution >= 0.6 is 19.4 Å². The van der Waals surface area contributed by atoms with Gasteiger partial charge in [-0.15, -0.1) is 0 Å². The lowest BCUT2D eigenvalue weighted by Gasteiger charge is -2.08. The molecule has 0 aliphatic rings. The molecule has 0 bridgehead atoms. The van der Waals surface area contributed by atoms with Gasteiger partial charge in [0, 0.05) is 49.0 Å². The van der Waals surface area contributed by atoms with Gasteiger partial charge in [0.25, 0.3) is 0 Å². The minimum atomic E-state index is -4.01. The molecule has 2 heterocycles. The SMILES string of the molecule is COP(=O)(O)OCN/C=C\C=C(/CN)c1cc(Cc2ccc(Oc3cccc(Cl)c3)nc2)no1. The van der Waals surface area contributed by atoms with E-state index in [4.69, 9.17) is 31.5 Å². The molecule has 3 aromatic rings. The molecule has 2 aromatic heterocycles. The highest BCUT2D eigenvalue weighted by atomic mass is 35.5. The predicted molar refractivity (Wildman–Crippen MR) is 127 cm³/mol. The van der Waals surface area contributed by atoms with E-state index in [9.17, 15) is 4.57 Å². The summed E-state index contributed by atoms with van der Waals surface area (Å²) < 4.78 is 31.2. The number of rotatable bonds is 12. The molecule has 1 atom stereocenters. The smallest absolute Gasteiger partial charge is 0.439 e. The molecule has 34 heavy (non-hydrogen) atoms. The van der Waals surface area contributed by atoms with Gasteiger partial charge in [0.15, 0.2) is 5.76 Å². The number of nitrogens with one attached hydrogen (secondary N) is 1. The molecular weight excluding hydrogens is 483 g/mol. The van der Waals surface area contributed by atoms with Gasteiger partial charge in [-0.2, -0.15) is 0 Å². The monoisotopic (exact) mass is 506 g/mol. The van der Waals surface area contributed by atoms with Crippen molar-refractivity contribution in [1.82, 2.24) is 15.5 Å². The first-order valence-corrected chi connectivity index (χ1v) is 11.9. The van der Waals surface area contributed by atoms with Crippen LogP contribution in [-0.2, 0) is 20.0 Å². The zero-order valence-corrected chi connectivity index (χ0v) is 19.9. The summed E-state index contributed by atoms with van der Waals surface area (Å²) >= 11 is 5.97. The molecule has 0 aliphatic carbocycles. The third-order valence-corrected chi connectivity index (χ3v) is 5.50. The molecule has 1 unspecified atom stereocenters. The van der Waals surface area contributed by atoms with E-state index in [1.807, 2.05) is 6.07 Å². The average molecular weight is 507 g/mol. The third kappa shape index (κ3) is 8.11. The number of benzene rings is 1. The van der Waals surface area contributed by atoms with E-state index < -0.39 is 7.82 Å². The summed E-state index contributed by atoms with van der Waals surface area (Å²) in [6.45, 7) is 0.0232. The van der Waals surface area contributed by atoms with Gasteiger partial charge in [0.1, 0.15) is 12.5 Å². The molecule has 0 fully saturated rings. The minimum absolute atomic E-state index is 0.201. The maximum atomic E-state index is 11.2. The van der Waals surface area contributed by atoms with Gasteiger partial charge in [0.05, 0.1) is 5.69 Å². The average Bonchev–Trinajstić information content (AvgIpc) is 3.28. The Hall–Kier alpha value is -2.98. The molecule has 1 aromatic carbocycles. The Bertz CT molecular complexity index is 1180. The van der Waals surface area contributed by atoms with Crippen molar-refractivity contribution in [2.24, 2.45) is 5.73 Å². The van der Waals surface area contributed by atoms with Crippen LogP contribution in [0.2, 0.25) is 5.02 Å². The molecular formula is C22H24ClN4O6P. The van der Waals surface area contributed by atoms with Gasteiger partial charge in [-0.3, -0.25) is 9.05 Å². The van der Waals surface area contributed by atoms with Crippen LogP contribution in [-0.4, -0.2) is 35.4 Å². The second-order valence-corrected chi connectivity index (χ2v) is 8.80. The van der Waals surface area contributed by atoms with Crippen LogP contribution in [0.1, 0.15) is 17.0 Å². The van der Waals surface area contributed by atoms with E-state index in [0.29, 0.717) is 40.1 Å². The Kier molecular flexibility index (Phi) is 9.41. The highest BCUT2D eigenvalue weighted by Gasteiger charge is 2.17. The van der Waals surface area contributed by atoms with Gasteiger partial charge in [-0.05, 0) is 36.0 Å². The number of phosphoric ester groups is 1. The Morgan fingerprint density at radius 2 is 2.18 bits per heavy atom. The Morgan fingerprint density at radius 3 is 2.88 bits per heavy atom. The van der Waals surface area contributed by atoms with Crippen LogP contribution in [0.4, 0.5) is 0 Å². The molecule has 10 nitrogen and oxygen atoms in total. The summed E-state index contributed by atoms with van der Waals surface area (Å²) in [6, 6.07) is 12.6. The minimum Gasteiger partial charge on any atom is -0.439 e. The van der Waals surface area contributed by atoms with Crippen molar-refractivity contribution in [2.75, 3.05) is 20.4 Å². The van der Waals surface area contributed by atoms with Crippen molar-refractivity contribution in [1.29, 1.82) is 0 Å². The molecule has 4 N–H and O–H groups in total. The van der Waals surface area contributed by atoms with Gasteiger partial charge >= 0.3 is 7.82 Å². The first kappa shape index (κ1) is 25.6. The van der Waals surface area contributed by atoms with Crippen LogP contribution in [0.15, 0.2) is 71.5 Å². The van der Waals surface area contributed by atoms with Gasteiger partial charge in [0.2, 0.25) is 5.88 Å². The number of halogens is 1. The largest absolute Gasteiger partial charge is 0.473 e. The van der Waals surface area contributed by atoms with E-state index in [1.165, 1.54) is 6.20 Å². The molecule has 0 aliphatic heterocycles. The second kappa shape index (κ2) is 12.5. The van der Waals surface area contributed by atoms with Crippen LogP contribution in [0, 0.1) is 0 Å². The van der Waals surface area contributed by atoms with Crippen molar-refractivity contribution in [3.05, 3.63) is 89.1 Å². The Balaban J connectivity index is 1.54. The summed E-state index contributed by atoms with van der Waals surface area (Å²) in [7, 11) is -2.93. The Labute approximate surface area is 201 Å². The summed E-state index contributed by atoms with van der Waals surface area (Å²) in [4.78, 5) is 13.5. The van der Waals surface area contributed by atoms with Crippen LogP contribution < -0.4 is 15.8 Å². The standard InChI is InChI=1S/C22H24ClN4O6P/c1-30-34(28,29)31-15-25-9-3-4-17(13-24)21-12-19(27-33-21)10-16-7-8-22(26-14-16)32-20-6-2-5-18(23)11-20/h2-9,11-12,14,25H,10,13,15,24H2,1H3,(H,28,29)/b9-3-,17-4+. The first-order chi connectivity index (χ1) is 16.4. The lowest BCUT2D eigenvalue weighted by atomic mass is 10.1. The van der Waals surface area contributed by atoms with Crippen LogP contribution in [0.5, 0.6) is 11.6 Å². The number of hydrogen-bond acceptors (Lipinski definition) is 9. The van der Waals surface area contributed by atoms with Crippen molar-refractivity contribution >= 4 is 25.0 Å². The normalized spacial score (nSPS) is 13.7. The quantitative estimate of drug-likeness (QED) is 0.141. The van der Waals surface area contributed by atoms with Gasteiger partial charge < -0.3 is 25.2 Å². The number of hydrogen-bond donors (Lipinski definition) is 3. The maximum absolute atomic E-state index is 11.2. The number of allylic oxidation sites excluding steroid dienone is 2. The number of nitrogens with two attached hydrogens (primary N) is 1. The van der Waals surface area contributed by atoms with E-state index in [-0.39, 0.29) is 13.3 Å². The molecule has 0 spiro atoms. The highest BCUT2D eigenvalue weighted by Crippen LogP contribution is 2.41. The zero-order valence-electron chi connectivity index (χ0n) is 18.3. The zero-order chi connectivity index (χ0) is 24.4. The summed E-state index contributed by atoms with van der Waals surface area (Å²) in [5.41, 5.74) is 8.18. The number of ether oxygens (including phenoxy) is 1. The second-order valence-electron chi connectivity index (χ2n) is 6.81. The van der Waals surface area contributed by atoms with Crippen LogP contribution in [0.3, 0.4) is 0 Å². The fourth-order valence-corrected chi connectivity index (χ4v) is 3.21. The first-order valence-electron chi connectivity index (χ1n) is 10.0. The number of pyridine rings is 1. The summed E-state index contributed by atoms with van der Waals surface area (Å²) in [5.74, 6) is 1.59. The lowest BCUT2D eigenvalue weighted by molar-refractivity contribution is 0.168. The maximum Gasteiger partial charge on any atom is 0.473 e. The molecule has 180 valence electrons. The lowest BCUT2D eigenvalue weighted by Crippen LogP contribution is -2.09. The number of aromatic nitrogens is 2. The van der Waals surface area contributed by atoms with Crippen molar-refractivity contribution in [3.63, 3.8) is 0 Å². The third-order valence-electron chi connectivity index (χ3n) is 4.35. The molecule has 12 heteroatoms. The topological polar surface area (TPSA) is 142 Å². The molecule has 0 amide bonds.